The predicted octanol–water partition coefficient (Wildman–Crippen LogP) is 1.83. The molecule has 0 fully saturated rings. The van der Waals surface area contributed by atoms with Crippen molar-refractivity contribution in [3.8, 4) is 11.8 Å². The van der Waals surface area contributed by atoms with Crippen LogP contribution in [0, 0.1) is 11.3 Å². The van der Waals surface area contributed by atoms with E-state index in [1.54, 1.807) is 18.2 Å². The van der Waals surface area contributed by atoms with Gasteiger partial charge in [0.15, 0.2) is 0 Å². The van der Waals surface area contributed by atoms with Gasteiger partial charge < -0.3 is 9.47 Å². The highest BCUT2D eigenvalue weighted by atomic mass is 32.2. The van der Waals surface area contributed by atoms with E-state index in [9.17, 15) is 4.79 Å². The van der Waals surface area contributed by atoms with Crippen molar-refractivity contribution in [2.75, 3.05) is 20.0 Å². The van der Waals surface area contributed by atoms with Gasteiger partial charge in [0.05, 0.1) is 30.4 Å². The molecule has 0 aromatic heterocycles. The first-order valence-corrected chi connectivity index (χ1v) is 5.48. The van der Waals surface area contributed by atoms with Crippen molar-refractivity contribution in [3.05, 3.63) is 23.8 Å². The number of carbonyl (C=O) groups is 1. The maximum absolute atomic E-state index is 11.0. The minimum atomic E-state index is -0.334. The van der Waals surface area contributed by atoms with E-state index in [4.69, 9.17) is 10.00 Å². The smallest absolute Gasteiger partial charge is 0.315 e. The van der Waals surface area contributed by atoms with E-state index in [-0.39, 0.29) is 11.7 Å². The summed E-state index contributed by atoms with van der Waals surface area (Å²) in [4.78, 5) is 11.7. The van der Waals surface area contributed by atoms with Crippen LogP contribution in [-0.4, -0.2) is 25.9 Å². The Hall–Kier alpha value is -1.67. The molecule has 0 unspecified atom stereocenters. The third-order valence-corrected chi connectivity index (χ3v) is 2.97. The second-order valence-corrected chi connectivity index (χ2v) is 3.80. The van der Waals surface area contributed by atoms with Crippen molar-refractivity contribution in [1.82, 2.24) is 0 Å². The molecule has 0 N–H and O–H groups in total. The zero-order valence-corrected chi connectivity index (χ0v) is 9.84. The van der Waals surface area contributed by atoms with Gasteiger partial charge in [0.25, 0.3) is 0 Å². The molecule has 0 aliphatic rings. The number of nitriles is 1. The summed E-state index contributed by atoms with van der Waals surface area (Å²) in [7, 11) is 2.86. The summed E-state index contributed by atoms with van der Waals surface area (Å²) in [6.07, 6.45) is 0. The van der Waals surface area contributed by atoms with Gasteiger partial charge in [0, 0.05) is 0 Å². The maximum atomic E-state index is 11.0. The van der Waals surface area contributed by atoms with Crippen molar-refractivity contribution in [2.24, 2.45) is 0 Å². The topological polar surface area (TPSA) is 59.3 Å². The number of thioether (sulfide) groups is 1. The van der Waals surface area contributed by atoms with Gasteiger partial charge in [0.2, 0.25) is 0 Å². The molecule has 0 heterocycles. The molecule has 1 rings (SSSR count). The van der Waals surface area contributed by atoms with E-state index >= 15 is 0 Å². The lowest BCUT2D eigenvalue weighted by Gasteiger charge is -2.08. The zero-order valence-electron chi connectivity index (χ0n) is 9.02. The molecule has 0 spiro atoms. The van der Waals surface area contributed by atoms with Crippen molar-refractivity contribution in [1.29, 1.82) is 5.26 Å². The quantitative estimate of drug-likeness (QED) is 0.590. The van der Waals surface area contributed by atoms with Crippen LogP contribution in [0.25, 0.3) is 0 Å². The highest BCUT2D eigenvalue weighted by molar-refractivity contribution is 8.00. The van der Waals surface area contributed by atoms with E-state index in [1.165, 1.54) is 26.0 Å². The lowest BCUT2D eigenvalue weighted by Crippen LogP contribution is -2.03. The highest BCUT2D eigenvalue weighted by Crippen LogP contribution is 2.32. The lowest BCUT2D eigenvalue weighted by molar-refractivity contribution is -0.137. The molecular weight excluding hydrogens is 226 g/mol. The molecule has 84 valence electrons. The number of rotatable bonds is 4. The Morgan fingerprint density at radius 1 is 1.50 bits per heavy atom. The third-order valence-electron chi connectivity index (χ3n) is 1.88. The molecule has 0 saturated carbocycles. The largest absolute Gasteiger partial charge is 0.496 e. The average Bonchev–Trinajstić information content (AvgIpc) is 2.35. The lowest BCUT2D eigenvalue weighted by atomic mass is 10.2. The van der Waals surface area contributed by atoms with Gasteiger partial charge in [-0.3, -0.25) is 4.79 Å². The van der Waals surface area contributed by atoms with Crippen LogP contribution in [0.15, 0.2) is 23.1 Å². The Morgan fingerprint density at radius 2 is 2.25 bits per heavy atom. The number of hydrogen-bond acceptors (Lipinski definition) is 5. The summed E-state index contributed by atoms with van der Waals surface area (Å²) in [6.45, 7) is 0. The Labute approximate surface area is 98.2 Å². The van der Waals surface area contributed by atoms with Crippen LogP contribution in [0.1, 0.15) is 5.56 Å². The third kappa shape index (κ3) is 2.91. The van der Waals surface area contributed by atoms with Crippen molar-refractivity contribution < 1.29 is 14.3 Å². The molecule has 16 heavy (non-hydrogen) atoms. The second-order valence-electron chi connectivity index (χ2n) is 2.81. The predicted molar refractivity (Wildman–Crippen MR) is 60.4 cm³/mol. The van der Waals surface area contributed by atoms with E-state index in [2.05, 4.69) is 10.8 Å². The van der Waals surface area contributed by atoms with Gasteiger partial charge in [-0.05, 0) is 12.1 Å². The Morgan fingerprint density at radius 3 is 2.81 bits per heavy atom. The van der Waals surface area contributed by atoms with Gasteiger partial charge in [-0.1, -0.05) is 6.07 Å². The number of hydrogen-bond donors (Lipinski definition) is 0. The summed E-state index contributed by atoms with van der Waals surface area (Å²) >= 11 is 1.23. The van der Waals surface area contributed by atoms with Gasteiger partial charge in [0.1, 0.15) is 11.8 Å². The fraction of sp³-hybridized carbons (Fsp3) is 0.273. The van der Waals surface area contributed by atoms with Crippen molar-refractivity contribution in [2.45, 2.75) is 4.90 Å². The first kappa shape index (κ1) is 12.4. The number of carbonyl (C=O) groups excluding carboxylic acids is 1. The number of esters is 1. The van der Waals surface area contributed by atoms with Crippen molar-refractivity contribution >= 4 is 17.7 Å². The molecule has 0 aliphatic carbocycles. The molecule has 0 saturated heterocycles. The summed E-state index contributed by atoms with van der Waals surface area (Å²) in [6, 6.07) is 7.23. The second kappa shape index (κ2) is 6.03. The highest BCUT2D eigenvalue weighted by Gasteiger charge is 2.11. The van der Waals surface area contributed by atoms with E-state index in [1.807, 2.05) is 0 Å². The van der Waals surface area contributed by atoms with Gasteiger partial charge >= 0.3 is 5.97 Å². The van der Waals surface area contributed by atoms with E-state index < -0.39 is 0 Å². The van der Waals surface area contributed by atoms with Crippen molar-refractivity contribution in [3.63, 3.8) is 0 Å². The van der Waals surface area contributed by atoms with E-state index in [0.717, 1.165) is 0 Å². The number of benzene rings is 1. The van der Waals surface area contributed by atoms with Crippen LogP contribution in [0.5, 0.6) is 5.75 Å². The monoisotopic (exact) mass is 237 g/mol. The molecule has 0 radical (unpaired) electrons. The molecule has 0 atom stereocenters. The average molecular weight is 237 g/mol. The molecule has 0 bridgehead atoms. The Bertz CT molecular complexity index is 426. The SMILES string of the molecule is COC(=O)CSc1c(C#N)cccc1OC. The standard InChI is InChI=1S/C11H11NO3S/c1-14-9-5-3-4-8(6-12)11(9)16-7-10(13)15-2/h3-5H,7H2,1-2H3. The van der Waals surface area contributed by atoms with Gasteiger partial charge in [-0.2, -0.15) is 5.26 Å². The Kier molecular flexibility index (Phi) is 4.67. The number of methoxy groups -OCH3 is 2. The molecule has 0 amide bonds. The molecule has 4 nitrogen and oxygen atoms in total. The zero-order chi connectivity index (χ0) is 12.0. The van der Waals surface area contributed by atoms with Crippen LogP contribution in [0.4, 0.5) is 0 Å². The first-order valence-electron chi connectivity index (χ1n) is 4.49. The van der Waals surface area contributed by atoms with E-state index in [0.29, 0.717) is 16.2 Å². The van der Waals surface area contributed by atoms with Crippen LogP contribution >= 0.6 is 11.8 Å². The number of ether oxygens (including phenoxy) is 2. The normalized spacial score (nSPS) is 9.31. The maximum Gasteiger partial charge on any atom is 0.315 e. The fourth-order valence-corrected chi connectivity index (χ4v) is 2.05. The summed E-state index contributed by atoms with van der Waals surface area (Å²) in [5.74, 6) is 0.415. The molecule has 1 aromatic rings. The summed E-state index contributed by atoms with van der Waals surface area (Å²) < 4.78 is 9.67. The minimum absolute atomic E-state index is 0.158. The summed E-state index contributed by atoms with van der Waals surface area (Å²) in [5.41, 5.74) is 0.494. The Balaban J connectivity index is 2.92. The number of nitrogens with zero attached hydrogens (tertiary/aromatic N) is 1. The fourth-order valence-electron chi connectivity index (χ4n) is 1.10. The van der Waals surface area contributed by atoms with Crippen LogP contribution < -0.4 is 4.74 Å². The van der Waals surface area contributed by atoms with Crippen LogP contribution in [0.3, 0.4) is 0 Å². The molecule has 0 aliphatic heterocycles. The van der Waals surface area contributed by atoms with Gasteiger partial charge in [-0.15, -0.1) is 11.8 Å². The van der Waals surface area contributed by atoms with Gasteiger partial charge in [-0.25, -0.2) is 0 Å². The molecule has 1 aromatic carbocycles. The summed E-state index contributed by atoms with van der Waals surface area (Å²) in [5, 5.41) is 8.93. The molecular formula is C11H11NO3S. The van der Waals surface area contributed by atoms with Crippen LogP contribution in [-0.2, 0) is 9.53 Å². The minimum Gasteiger partial charge on any atom is -0.496 e. The molecule has 5 heteroatoms. The first-order chi connectivity index (χ1) is 7.72. The van der Waals surface area contributed by atoms with Crippen LogP contribution in [0.2, 0.25) is 0 Å².